The lowest BCUT2D eigenvalue weighted by Crippen LogP contribution is -2.47. The minimum absolute atomic E-state index is 0.0253. The van der Waals surface area contributed by atoms with Gasteiger partial charge in [-0.25, -0.2) is 0 Å². The first kappa shape index (κ1) is 68.0. The molecule has 0 bridgehead atoms. The molecule has 0 radical (unpaired) electrons. The third-order valence-electron chi connectivity index (χ3n) is 13.0. The van der Waals surface area contributed by atoms with Gasteiger partial charge in [-0.05, 0) is 89.5 Å². The number of hydrogen-bond acceptors (Lipinski definition) is 7. The molecule has 0 aliphatic heterocycles. The van der Waals surface area contributed by atoms with E-state index in [1.807, 2.05) is 33.3 Å². The van der Waals surface area contributed by atoms with Crippen molar-refractivity contribution in [3.8, 4) is 0 Å². The Bertz CT molecular complexity index is 1340. The molecule has 0 fully saturated rings. The van der Waals surface area contributed by atoms with Crippen molar-refractivity contribution in [3.63, 3.8) is 0 Å². The molecule has 9 nitrogen and oxygen atoms in total. The number of hydrogen-bond donors (Lipinski definition) is 1. The van der Waals surface area contributed by atoms with Gasteiger partial charge in [0, 0.05) is 12.8 Å². The molecule has 0 aliphatic carbocycles. The minimum Gasteiger partial charge on any atom is -0.756 e. The van der Waals surface area contributed by atoms with Crippen molar-refractivity contribution in [1.29, 1.82) is 0 Å². The number of carbonyl (C=O) groups excluding carboxylic acids is 2. The van der Waals surface area contributed by atoms with E-state index in [1.165, 1.54) is 148 Å². The third kappa shape index (κ3) is 50.9. The number of esters is 1. The summed E-state index contributed by atoms with van der Waals surface area (Å²) in [5.41, 5.74) is 0. The summed E-state index contributed by atoms with van der Waals surface area (Å²) >= 11 is 0. The van der Waals surface area contributed by atoms with Crippen LogP contribution in [0.5, 0.6) is 0 Å². The number of amides is 1. The van der Waals surface area contributed by atoms with Crippen LogP contribution in [0.3, 0.4) is 0 Å². The van der Waals surface area contributed by atoms with Gasteiger partial charge in [0.15, 0.2) is 0 Å². The van der Waals surface area contributed by atoms with Gasteiger partial charge in [-0.15, -0.1) is 0 Å². The fourth-order valence-electron chi connectivity index (χ4n) is 8.37. The fraction of sp³-hybridized carbons (Fsp3) is 0.833. The van der Waals surface area contributed by atoms with Crippen molar-refractivity contribution in [2.75, 3.05) is 40.9 Å². The molecular formula is C60H113N2O7P. The van der Waals surface area contributed by atoms with Crippen LogP contribution in [0.25, 0.3) is 0 Å². The van der Waals surface area contributed by atoms with E-state index in [-0.39, 0.29) is 24.9 Å². The Morgan fingerprint density at radius 2 is 0.871 bits per heavy atom. The number of likely N-dealkylation sites (N-methyl/N-ethyl adjacent to an activating group) is 1. The Balaban J connectivity index is 5.28. The second-order valence-corrected chi connectivity index (χ2v) is 22.6. The zero-order chi connectivity index (χ0) is 51.5. The van der Waals surface area contributed by atoms with Gasteiger partial charge < -0.3 is 28.5 Å². The van der Waals surface area contributed by atoms with Crippen LogP contribution in [-0.4, -0.2) is 69.4 Å². The van der Waals surface area contributed by atoms with E-state index in [0.717, 1.165) is 83.5 Å². The topological polar surface area (TPSA) is 114 Å². The molecule has 0 saturated carbocycles. The highest BCUT2D eigenvalue weighted by molar-refractivity contribution is 7.45. The summed E-state index contributed by atoms with van der Waals surface area (Å²) in [5.74, 6) is -0.560. The Morgan fingerprint density at radius 3 is 1.34 bits per heavy atom. The lowest BCUT2D eigenvalue weighted by atomic mass is 10.0. The first-order valence-electron chi connectivity index (χ1n) is 29.4. The number of nitrogens with zero attached hydrogens (tertiary/aromatic N) is 1. The zero-order valence-electron chi connectivity index (χ0n) is 46.7. The minimum atomic E-state index is -4.70. The number of phosphoric acid groups is 1. The van der Waals surface area contributed by atoms with Crippen LogP contribution in [0.15, 0.2) is 48.6 Å². The monoisotopic (exact) mass is 1000 g/mol. The van der Waals surface area contributed by atoms with Crippen molar-refractivity contribution in [2.45, 2.75) is 283 Å². The molecule has 0 aromatic carbocycles. The van der Waals surface area contributed by atoms with Gasteiger partial charge in [0.25, 0.3) is 7.82 Å². The summed E-state index contributed by atoms with van der Waals surface area (Å²) in [6.45, 7) is 6.80. The number of phosphoric ester groups is 1. The Kier molecular flexibility index (Phi) is 49.0. The highest BCUT2D eigenvalue weighted by Gasteiger charge is 2.27. The molecule has 410 valence electrons. The number of ether oxygens (including phenoxy) is 1. The number of quaternary nitrogens is 1. The van der Waals surface area contributed by atoms with E-state index < -0.39 is 26.6 Å². The molecule has 0 saturated heterocycles. The summed E-state index contributed by atoms with van der Waals surface area (Å²) in [5, 5.41) is 3.02. The van der Waals surface area contributed by atoms with E-state index in [9.17, 15) is 19.0 Å². The van der Waals surface area contributed by atoms with Crippen molar-refractivity contribution in [2.24, 2.45) is 0 Å². The van der Waals surface area contributed by atoms with Crippen LogP contribution in [0.2, 0.25) is 0 Å². The van der Waals surface area contributed by atoms with E-state index in [2.05, 4.69) is 62.5 Å². The SMILES string of the molecule is CCCCC/C=C\C/C=C\CCCCCCCCCCCC(=O)NC(COP(=O)([O-])OCC[N+](C)(C)C)C(/C=C\CCCCCCCCCCC)OC(=O)CCCCC/C=C\CCCCCCCCC. The Labute approximate surface area is 433 Å². The van der Waals surface area contributed by atoms with Gasteiger partial charge in [0.2, 0.25) is 5.91 Å². The molecule has 0 aliphatic rings. The van der Waals surface area contributed by atoms with Crippen LogP contribution in [0.4, 0.5) is 0 Å². The van der Waals surface area contributed by atoms with Gasteiger partial charge >= 0.3 is 5.97 Å². The van der Waals surface area contributed by atoms with E-state index in [0.29, 0.717) is 23.9 Å². The molecule has 0 spiro atoms. The number of unbranched alkanes of at least 4 members (excludes halogenated alkanes) is 31. The second kappa shape index (κ2) is 50.5. The standard InChI is InChI=1S/C60H113N2O7P/c1-7-10-13-16-19-22-25-27-29-30-31-32-33-34-37-40-43-46-49-52-59(63)61-57(56-68-70(65,66)67-55-54-62(4,5)6)58(51-48-45-42-39-36-24-21-18-15-12-9-3)69-60(64)53-50-47-44-41-38-35-28-26-23-20-17-14-11-8-2/h19,22,27,29,35,38,48,51,57-58H,7-18,20-21,23-26,28,30-34,36-37,39-47,49-50,52-56H2,1-6H3,(H-,61,63,65,66)/b22-19-,29-27-,38-35-,51-48-. The van der Waals surface area contributed by atoms with Crippen LogP contribution >= 0.6 is 7.82 Å². The fourth-order valence-corrected chi connectivity index (χ4v) is 9.09. The van der Waals surface area contributed by atoms with Gasteiger partial charge in [0.1, 0.15) is 19.3 Å². The first-order valence-corrected chi connectivity index (χ1v) is 30.9. The third-order valence-corrected chi connectivity index (χ3v) is 13.9. The summed E-state index contributed by atoms with van der Waals surface area (Å²) < 4.78 is 30.2. The van der Waals surface area contributed by atoms with Gasteiger partial charge in [-0.2, -0.15) is 0 Å². The highest BCUT2D eigenvalue weighted by atomic mass is 31.2. The molecule has 1 N–H and O–H groups in total. The molecule has 0 aromatic heterocycles. The number of rotatable bonds is 53. The average molecular weight is 1010 g/mol. The average Bonchev–Trinajstić information content (AvgIpc) is 3.32. The van der Waals surface area contributed by atoms with Crippen molar-refractivity contribution < 1.29 is 37.3 Å². The molecule has 0 rings (SSSR count). The molecule has 3 atom stereocenters. The van der Waals surface area contributed by atoms with E-state index in [1.54, 1.807) is 0 Å². The summed E-state index contributed by atoms with van der Waals surface area (Å²) in [6.07, 6.45) is 60.7. The van der Waals surface area contributed by atoms with Gasteiger partial charge in [0.05, 0.1) is 33.8 Å². The maximum Gasteiger partial charge on any atom is 0.306 e. The summed E-state index contributed by atoms with van der Waals surface area (Å²) in [7, 11) is 1.18. The molecule has 3 unspecified atom stereocenters. The number of allylic oxidation sites excluding steroid dienone is 7. The maximum atomic E-state index is 13.5. The summed E-state index contributed by atoms with van der Waals surface area (Å²) in [4.78, 5) is 39.8. The van der Waals surface area contributed by atoms with Crippen LogP contribution in [0.1, 0.15) is 271 Å². The van der Waals surface area contributed by atoms with Gasteiger partial charge in [-0.3, -0.25) is 14.2 Å². The zero-order valence-corrected chi connectivity index (χ0v) is 47.6. The second-order valence-electron chi connectivity index (χ2n) is 21.1. The molecular weight excluding hydrogens is 892 g/mol. The summed E-state index contributed by atoms with van der Waals surface area (Å²) in [6, 6.07) is -0.894. The number of carbonyl (C=O) groups is 2. The van der Waals surface area contributed by atoms with E-state index >= 15 is 0 Å². The molecule has 0 aromatic rings. The van der Waals surface area contributed by atoms with Gasteiger partial charge in [-0.1, -0.05) is 217 Å². The van der Waals surface area contributed by atoms with Crippen molar-refractivity contribution in [3.05, 3.63) is 48.6 Å². The molecule has 10 heteroatoms. The molecule has 1 amide bonds. The normalized spacial score (nSPS) is 14.1. The quantitative estimate of drug-likeness (QED) is 0.0212. The Hall–Kier alpha value is -2.03. The highest BCUT2D eigenvalue weighted by Crippen LogP contribution is 2.38. The largest absolute Gasteiger partial charge is 0.756 e. The smallest absolute Gasteiger partial charge is 0.306 e. The molecule has 0 heterocycles. The van der Waals surface area contributed by atoms with Crippen LogP contribution in [0, 0.1) is 0 Å². The molecule has 70 heavy (non-hydrogen) atoms. The van der Waals surface area contributed by atoms with Crippen LogP contribution < -0.4 is 10.2 Å². The Morgan fingerprint density at radius 1 is 0.500 bits per heavy atom. The maximum absolute atomic E-state index is 13.5. The van der Waals surface area contributed by atoms with Crippen LogP contribution in [-0.2, 0) is 27.9 Å². The number of nitrogens with one attached hydrogen (secondary N) is 1. The van der Waals surface area contributed by atoms with Crippen molar-refractivity contribution >= 4 is 19.7 Å². The lowest BCUT2D eigenvalue weighted by Gasteiger charge is -2.30. The lowest BCUT2D eigenvalue weighted by molar-refractivity contribution is -0.870. The predicted octanol–water partition coefficient (Wildman–Crippen LogP) is 17.1. The van der Waals surface area contributed by atoms with E-state index in [4.69, 9.17) is 13.8 Å². The van der Waals surface area contributed by atoms with Crippen molar-refractivity contribution in [1.82, 2.24) is 5.32 Å². The first-order chi connectivity index (χ1) is 33.9. The predicted molar refractivity (Wildman–Crippen MR) is 298 cm³/mol.